The number of aromatic amines is 1. The molecular formula is C18H25N3O2. The average molecular weight is 315 g/mol. The monoisotopic (exact) mass is 315 g/mol. The molecule has 0 bridgehead atoms. The van der Waals surface area contributed by atoms with Gasteiger partial charge in [0, 0.05) is 24.8 Å². The van der Waals surface area contributed by atoms with Crippen molar-refractivity contribution in [1.82, 2.24) is 14.9 Å². The molecule has 2 aromatic rings. The molecule has 1 atom stereocenters. The van der Waals surface area contributed by atoms with Crippen molar-refractivity contribution in [3.63, 3.8) is 0 Å². The average Bonchev–Trinajstić information content (AvgIpc) is 2.57. The summed E-state index contributed by atoms with van der Waals surface area (Å²) in [5, 5.41) is 3.59. The van der Waals surface area contributed by atoms with Crippen LogP contribution in [-0.4, -0.2) is 16.1 Å². The van der Waals surface area contributed by atoms with E-state index in [0.717, 1.165) is 32.2 Å². The van der Waals surface area contributed by atoms with E-state index in [4.69, 9.17) is 0 Å². The van der Waals surface area contributed by atoms with Crippen molar-refractivity contribution >= 4 is 0 Å². The van der Waals surface area contributed by atoms with Gasteiger partial charge in [-0.05, 0) is 31.4 Å². The van der Waals surface area contributed by atoms with Gasteiger partial charge in [-0.15, -0.1) is 0 Å². The number of benzene rings is 1. The van der Waals surface area contributed by atoms with Gasteiger partial charge in [0.1, 0.15) is 0 Å². The highest BCUT2D eigenvalue weighted by atomic mass is 16.2. The molecule has 0 aliphatic carbocycles. The molecule has 2 rings (SSSR count). The Morgan fingerprint density at radius 2 is 1.87 bits per heavy atom. The molecular weight excluding hydrogens is 290 g/mol. The minimum Gasteiger partial charge on any atom is -0.310 e. The molecule has 5 heteroatoms. The number of hydrogen-bond acceptors (Lipinski definition) is 3. The normalized spacial score (nSPS) is 12.2. The van der Waals surface area contributed by atoms with Gasteiger partial charge >= 0.3 is 5.69 Å². The highest BCUT2D eigenvalue weighted by molar-refractivity contribution is 5.18. The number of rotatable bonds is 9. The molecule has 2 N–H and O–H groups in total. The summed E-state index contributed by atoms with van der Waals surface area (Å²) >= 11 is 0. The maximum absolute atomic E-state index is 11.5. The van der Waals surface area contributed by atoms with Crippen LogP contribution in [0.15, 0.2) is 52.2 Å². The number of nitrogens with zero attached hydrogens (tertiary/aromatic N) is 1. The van der Waals surface area contributed by atoms with Gasteiger partial charge in [-0.2, -0.15) is 0 Å². The topological polar surface area (TPSA) is 66.9 Å². The number of aryl methyl sites for hydroxylation is 1. The molecule has 1 aromatic heterocycles. The molecule has 0 aliphatic rings. The molecule has 0 radical (unpaired) electrons. The number of hydrogen-bond donors (Lipinski definition) is 2. The van der Waals surface area contributed by atoms with Crippen LogP contribution in [-0.2, 0) is 6.54 Å². The van der Waals surface area contributed by atoms with E-state index < -0.39 is 0 Å². The lowest BCUT2D eigenvalue weighted by atomic mass is 10.0. The first-order chi connectivity index (χ1) is 11.2. The highest BCUT2D eigenvalue weighted by Crippen LogP contribution is 2.15. The molecule has 0 unspecified atom stereocenters. The zero-order valence-electron chi connectivity index (χ0n) is 13.6. The Bertz CT molecular complexity index is 691. The van der Waals surface area contributed by atoms with Gasteiger partial charge < -0.3 is 9.88 Å². The maximum Gasteiger partial charge on any atom is 0.328 e. The quantitative estimate of drug-likeness (QED) is 0.699. The van der Waals surface area contributed by atoms with Gasteiger partial charge in [0.05, 0.1) is 0 Å². The van der Waals surface area contributed by atoms with Gasteiger partial charge in [-0.3, -0.25) is 9.78 Å². The number of H-pyrrole nitrogens is 1. The first-order valence-electron chi connectivity index (χ1n) is 8.29. The first-order valence-corrected chi connectivity index (χ1v) is 8.29. The van der Waals surface area contributed by atoms with E-state index in [1.807, 2.05) is 6.07 Å². The molecule has 1 aromatic carbocycles. The highest BCUT2D eigenvalue weighted by Gasteiger charge is 2.06. The van der Waals surface area contributed by atoms with Crippen molar-refractivity contribution in [2.45, 2.75) is 45.2 Å². The van der Waals surface area contributed by atoms with E-state index in [1.54, 1.807) is 10.8 Å². The molecule has 0 aliphatic heterocycles. The summed E-state index contributed by atoms with van der Waals surface area (Å²) in [7, 11) is 0. The molecule has 0 saturated carbocycles. The van der Waals surface area contributed by atoms with Gasteiger partial charge in [-0.1, -0.05) is 43.7 Å². The van der Waals surface area contributed by atoms with Crippen LogP contribution in [0.5, 0.6) is 0 Å². The zero-order valence-corrected chi connectivity index (χ0v) is 13.6. The van der Waals surface area contributed by atoms with Crippen molar-refractivity contribution in [3.8, 4) is 0 Å². The number of nitrogens with one attached hydrogen (secondary N) is 2. The van der Waals surface area contributed by atoms with E-state index >= 15 is 0 Å². The molecule has 0 amide bonds. The van der Waals surface area contributed by atoms with Crippen molar-refractivity contribution < 1.29 is 0 Å². The molecule has 1 heterocycles. The lowest BCUT2D eigenvalue weighted by Crippen LogP contribution is -2.28. The van der Waals surface area contributed by atoms with E-state index in [1.165, 1.54) is 11.6 Å². The van der Waals surface area contributed by atoms with Gasteiger partial charge in [0.15, 0.2) is 0 Å². The largest absolute Gasteiger partial charge is 0.328 e. The summed E-state index contributed by atoms with van der Waals surface area (Å²) in [6, 6.07) is 12.3. The fourth-order valence-corrected chi connectivity index (χ4v) is 2.66. The van der Waals surface area contributed by atoms with Crippen LogP contribution in [0.3, 0.4) is 0 Å². The van der Waals surface area contributed by atoms with Crippen LogP contribution < -0.4 is 16.6 Å². The van der Waals surface area contributed by atoms with Gasteiger partial charge in [0.2, 0.25) is 0 Å². The Hall–Kier alpha value is -2.14. The van der Waals surface area contributed by atoms with E-state index in [0.29, 0.717) is 12.6 Å². The Morgan fingerprint density at radius 1 is 1.09 bits per heavy atom. The molecule has 0 spiro atoms. The van der Waals surface area contributed by atoms with Crippen LogP contribution in [0, 0.1) is 0 Å². The molecule has 124 valence electrons. The van der Waals surface area contributed by atoms with Crippen LogP contribution >= 0.6 is 0 Å². The predicted molar refractivity (Wildman–Crippen MR) is 92.7 cm³/mol. The Morgan fingerprint density at radius 3 is 2.57 bits per heavy atom. The maximum atomic E-state index is 11.5. The molecule has 0 saturated heterocycles. The summed E-state index contributed by atoms with van der Waals surface area (Å²) in [6.45, 7) is 3.80. The summed E-state index contributed by atoms with van der Waals surface area (Å²) in [4.78, 5) is 24.8. The van der Waals surface area contributed by atoms with Crippen molar-refractivity contribution in [1.29, 1.82) is 0 Å². The fraction of sp³-hybridized carbons (Fsp3) is 0.444. The van der Waals surface area contributed by atoms with E-state index in [-0.39, 0.29) is 11.2 Å². The predicted octanol–water partition coefficient (Wildman–Crippen LogP) is 2.45. The van der Waals surface area contributed by atoms with Crippen LogP contribution in [0.25, 0.3) is 0 Å². The molecule has 23 heavy (non-hydrogen) atoms. The van der Waals surface area contributed by atoms with E-state index in [9.17, 15) is 9.59 Å². The van der Waals surface area contributed by atoms with E-state index in [2.05, 4.69) is 41.5 Å². The Labute approximate surface area is 136 Å². The summed E-state index contributed by atoms with van der Waals surface area (Å²) < 4.78 is 1.55. The van der Waals surface area contributed by atoms with Crippen molar-refractivity contribution in [2.24, 2.45) is 0 Å². The number of aromatic nitrogens is 2. The minimum atomic E-state index is -0.345. The first kappa shape index (κ1) is 17.2. The third-order valence-corrected chi connectivity index (χ3v) is 3.97. The summed E-state index contributed by atoms with van der Waals surface area (Å²) in [5.74, 6) is 0. The smallest absolute Gasteiger partial charge is 0.310 e. The molecule has 0 fully saturated rings. The fourth-order valence-electron chi connectivity index (χ4n) is 2.66. The lowest BCUT2D eigenvalue weighted by molar-refractivity contribution is 0.487. The third kappa shape index (κ3) is 5.53. The zero-order chi connectivity index (χ0) is 16.5. The Kier molecular flexibility index (Phi) is 6.81. The third-order valence-electron chi connectivity index (χ3n) is 3.97. The molecule has 5 nitrogen and oxygen atoms in total. The van der Waals surface area contributed by atoms with Crippen LogP contribution in [0.4, 0.5) is 0 Å². The van der Waals surface area contributed by atoms with Gasteiger partial charge in [-0.25, -0.2) is 4.79 Å². The van der Waals surface area contributed by atoms with Crippen molar-refractivity contribution in [2.75, 3.05) is 6.54 Å². The minimum absolute atomic E-state index is 0.328. The van der Waals surface area contributed by atoms with Crippen molar-refractivity contribution in [3.05, 3.63) is 69.0 Å². The number of unbranched alkanes of at least 4 members (excludes halogenated alkanes) is 2. The summed E-state index contributed by atoms with van der Waals surface area (Å²) in [5.41, 5.74) is 0.655. The SMILES string of the molecule is CC[C@@H](NCCCCCn1ccc(=O)[nH]c1=O)c1ccccc1. The Balaban J connectivity index is 1.67. The lowest BCUT2D eigenvalue weighted by Gasteiger charge is -2.17. The van der Waals surface area contributed by atoms with Gasteiger partial charge in [0.25, 0.3) is 5.56 Å². The second kappa shape index (κ2) is 9.10. The second-order valence-corrected chi connectivity index (χ2v) is 5.69. The van der Waals surface area contributed by atoms with Crippen LogP contribution in [0.1, 0.15) is 44.2 Å². The standard InChI is InChI=1S/C18H25N3O2/c1-2-16(15-9-5-3-6-10-15)19-12-7-4-8-13-21-14-11-17(22)20-18(21)23/h3,5-6,9-11,14,16,19H,2,4,7-8,12-13H2,1H3,(H,20,22,23)/t16-/m1/s1. The summed E-state index contributed by atoms with van der Waals surface area (Å²) in [6.07, 6.45) is 5.67. The van der Waals surface area contributed by atoms with Crippen LogP contribution in [0.2, 0.25) is 0 Å². The second-order valence-electron chi connectivity index (χ2n) is 5.69.